The highest BCUT2D eigenvalue weighted by Gasteiger charge is 2.29. The van der Waals surface area contributed by atoms with Gasteiger partial charge in [0.2, 0.25) is 11.8 Å². The van der Waals surface area contributed by atoms with Gasteiger partial charge in [-0.05, 0) is 37.5 Å². The maximum absolute atomic E-state index is 13.3. The second-order valence-corrected chi connectivity index (χ2v) is 8.27. The molecule has 4 nitrogen and oxygen atoms in total. The van der Waals surface area contributed by atoms with Gasteiger partial charge in [-0.1, -0.05) is 79.4 Å². The molecule has 2 rings (SSSR count). The van der Waals surface area contributed by atoms with Crippen molar-refractivity contribution in [2.45, 2.75) is 59.0 Å². The Hall–Kier alpha value is -2.04. The lowest BCUT2D eigenvalue weighted by Gasteiger charge is -2.31. The molecule has 162 valence electrons. The van der Waals surface area contributed by atoms with Crippen molar-refractivity contribution in [1.29, 1.82) is 0 Å². The summed E-state index contributed by atoms with van der Waals surface area (Å²) in [4.78, 5) is 27.8. The predicted octanol–water partition coefficient (Wildman–Crippen LogP) is 5.57. The zero-order chi connectivity index (χ0) is 22.1. The first-order valence-electron chi connectivity index (χ1n) is 10.4. The molecule has 0 saturated heterocycles. The minimum absolute atomic E-state index is 0.132. The molecule has 0 aromatic heterocycles. The molecule has 0 unspecified atom stereocenters. The fraction of sp³-hybridized carbons (Fsp3) is 0.417. The van der Waals surface area contributed by atoms with Crippen molar-refractivity contribution in [3.63, 3.8) is 0 Å². The van der Waals surface area contributed by atoms with Crippen LogP contribution < -0.4 is 5.32 Å². The molecule has 0 fully saturated rings. The van der Waals surface area contributed by atoms with Crippen LogP contribution in [-0.4, -0.2) is 29.3 Å². The Bertz CT molecular complexity index is 833. The Kier molecular flexibility index (Phi) is 9.67. The number of benzene rings is 2. The fourth-order valence-corrected chi connectivity index (χ4v) is 3.78. The summed E-state index contributed by atoms with van der Waals surface area (Å²) in [6.07, 6.45) is 2.60. The molecule has 1 atom stereocenters. The number of carbonyl (C=O) groups is 2. The summed E-state index contributed by atoms with van der Waals surface area (Å²) >= 11 is 12.7. The Balaban J connectivity index is 2.30. The number of unbranched alkanes of at least 4 members (excludes halogenated alkanes) is 1. The second-order valence-electron chi connectivity index (χ2n) is 7.45. The van der Waals surface area contributed by atoms with Crippen molar-refractivity contribution >= 4 is 35.0 Å². The number of amides is 2. The second kappa shape index (κ2) is 12.0. The topological polar surface area (TPSA) is 49.4 Å². The Labute approximate surface area is 189 Å². The lowest BCUT2D eigenvalue weighted by Crippen LogP contribution is -2.49. The third kappa shape index (κ3) is 6.75. The van der Waals surface area contributed by atoms with E-state index in [2.05, 4.69) is 12.2 Å². The van der Waals surface area contributed by atoms with E-state index < -0.39 is 6.04 Å². The Morgan fingerprint density at radius 2 is 1.67 bits per heavy atom. The number of hydrogen-bond donors (Lipinski definition) is 1. The van der Waals surface area contributed by atoms with E-state index in [9.17, 15) is 9.59 Å². The van der Waals surface area contributed by atoms with Crippen LogP contribution in [0.1, 0.15) is 49.8 Å². The average Bonchev–Trinajstić information content (AvgIpc) is 2.71. The van der Waals surface area contributed by atoms with Gasteiger partial charge in [0.1, 0.15) is 6.04 Å². The van der Waals surface area contributed by atoms with Crippen LogP contribution in [0.2, 0.25) is 10.0 Å². The van der Waals surface area contributed by atoms with Crippen molar-refractivity contribution in [2.24, 2.45) is 0 Å². The van der Waals surface area contributed by atoms with E-state index in [1.807, 2.05) is 38.1 Å². The minimum atomic E-state index is -0.591. The largest absolute Gasteiger partial charge is 0.354 e. The monoisotopic (exact) mass is 448 g/mol. The van der Waals surface area contributed by atoms with E-state index in [4.69, 9.17) is 23.2 Å². The lowest BCUT2D eigenvalue weighted by molar-refractivity contribution is -0.140. The first-order chi connectivity index (χ1) is 14.4. The quantitative estimate of drug-likeness (QED) is 0.483. The molecule has 0 aliphatic rings. The van der Waals surface area contributed by atoms with Gasteiger partial charge in [0.25, 0.3) is 0 Å². The lowest BCUT2D eigenvalue weighted by atomic mass is 10.1. The molecule has 2 aromatic rings. The summed E-state index contributed by atoms with van der Waals surface area (Å²) in [6, 6.07) is 12.5. The number of nitrogens with zero attached hydrogens (tertiary/aromatic N) is 1. The van der Waals surface area contributed by atoms with Crippen molar-refractivity contribution in [3.05, 3.63) is 69.2 Å². The van der Waals surface area contributed by atoms with Crippen LogP contribution in [0.3, 0.4) is 0 Å². The molecule has 0 radical (unpaired) electrons. The van der Waals surface area contributed by atoms with Gasteiger partial charge in [-0.2, -0.15) is 0 Å². The van der Waals surface area contributed by atoms with E-state index in [1.54, 1.807) is 23.1 Å². The molecule has 2 amide bonds. The summed E-state index contributed by atoms with van der Waals surface area (Å²) < 4.78 is 0. The molecule has 0 heterocycles. The Morgan fingerprint density at radius 3 is 2.23 bits per heavy atom. The predicted molar refractivity (Wildman–Crippen MR) is 124 cm³/mol. The zero-order valence-corrected chi connectivity index (χ0v) is 19.4. The number of nitrogens with one attached hydrogen (secondary N) is 1. The summed E-state index contributed by atoms with van der Waals surface area (Å²) in [5, 5.41) is 3.92. The standard InChI is InChI=1S/C24H30Cl2N2O2/c1-4-6-14-27-24(30)22(5-2)28(16-19-20(25)8-7-9-21(19)26)23(29)15-18-12-10-17(3)11-13-18/h7-13,22H,4-6,14-16H2,1-3H3,(H,27,30)/t22-/m0/s1. The molecule has 0 aliphatic heterocycles. The van der Waals surface area contributed by atoms with Crippen LogP contribution in [-0.2, 0) is 22.6 Å². The minimum Gasteiger partial charge on any atom is -0.354 e. The van der Waals surface area contributed by atoms with Crippen LogP contribution >= 0.6 is 23.2 Å². The summed E-state index contributed by atoms with van der Waals surface area (Å²) in [5.41, 5.74) is 2.69. The molecule has 0 bridgehead atoms. The van der Waals surface area contributed by atoms with Crippen LogP contribution in [0.15, 0.2) is 42.5 Å². The van der Waals surface area contributed by atoms with Crippen molar-refractivity contribution in [3.8, 4) is 0 Å². The summed E-state index contributed by atoms with van der Waals surface area (Å²) in [7, 11) is 0. The van der Waals surface area contributed by atoms with E-state index in [-0.39, 0.29) is 24.8 Å². The van der Waals surface area contributed by atoms with E-state index in [1.165, 1.54) is 0 Å². The smallest absolute Gasteiger partial charge is 0.242 e. The van der Waals surface area contributed by atoms with Gasteiger partial charge in [0.15, 0.2) is 0 Å². The number of halogens is 2. The number of carbonyl (C=O) groups excluding carboxylic acids is 2. The van der Waals surface area contributed by atoms with Gasteiger partial charge in [-0.3, -0.25) is 9.59 Å². The third-order valence-electron chi connectivity index (χ3n) is 5.08. The molecule has 0 saturated carbocycles. The molecular weight excluding hydrogens is 419 g/mol. The van der Waals surface area contributed by atoms with Gasteiger partial charge in [0, 0.05) is 28.7 Å². The number of rotatable bonds is 10. The zero-order valence-electron chi connectivity index (χ0n) is 17.9. The van der Waals surface area contributed by atoms with Crippen LogP contribution in [0.25, 0.3) is 0 Å². The van der Waals surface area contributed by atoms with Crippen LogP contribution in [0.4, 0.5) is 0 Å². The molecule has 6 heteroatoms. The van der Waals surface area contributed by atoms with E-state index in [0.29, 0.717) is 28.6 Å². The van der Waals surface area contributed by atoms with Gasteiger partial charge < -0.3 is 10.2 Å². The maximum atomic E-state index is 13.3. The number of hydrogen-bond acceptors (Lipinski definition) is 2. The summed E-state index contributed by atoms with van der Waals surface area (Å²) in [6.45, 7) is 6.76. The van der Waals surface area contributed by atoms with Crippen LogP contribution in [0.5, 0.6) is 0 Å². The highest BCUT2D eigenvalue weighted by Crippen LogP contribution is 2.27. The first kappa shape index (κ1) is 24.2. The van der Waals surface area contributed by atoms with Gasteiger partial charge in [0.05, 0.1) is 6.42 Å². The number of aryl methyl sites for hydroxylation is 1. The van der Waals surface area contributed by atoms with Crippen molar-refractivity contribution < 1.29 is 9.59 Å². The summed E-state index contributed by atoms with van der Waals surface area (Å²) in [5.74, 6) is -0.279. The SMILES string of the molecule is CCCCNC(=O)[C@H](CC)N(Cc1c(Cl)cccc1Cl)C(=O)Cc1ccc(C)cc1. The van der Waals surface area contributed by atoms with Crippen molar-refractivity contribution in [1.82, 2.24) is 10.2 Å². The Morgan fingerprint density at radius 1 is 1.03 bits per heavy atom. The molecular formula is C24H30Cl2N2O2. The average molecular weight is 449 g/mol. The maximum Gasteiger partial charge on any atom is 0.242 e. The van der Waals surface area contributed by atoms with E-state index >= 15 is 0 Å². The molecule has 0 spiro atoms. The van der Waals surface area contributed by atoms with Gasteiger partial charge in [-0.15, -0.1) is 0 Å². The fourth-order valence-electron chi connectivity index (χ4n) is 3.26. The highest BCUT2D eigenvalue weighted by molar-refractivity contribution is 6.36. The molecule has 2 aromatic carbocycles. The third-order valence-corrected chi connectivity index (χ3v) is 5.79. The molecule has 0 aliphatic carbocycles. The van der Waals surface area contributed by atoms with Gasteiger partial charge in [-0.25, -0.2) is 0 Å². The molecule has 30 heavy (non-hydrogen) atoms. The normalized spacial score (nSPS) is 11.8. The van der Waals surface area contributed by atoms with Crippen molar-refractivity contribution in [2.75, 3.05) is 6.54 Å². The van der Waals surface area contributed by atoms with Gasteiger partial charge >= 0.3 is 0 Å². The highest BCUT2D eigenvalue weighted by atomic mass is 35.5. The first-order valence-corrected chi connectivity index (χ1v) is 11.2. The molecule has 1 N–H and O–H groups in total. The van der Waals surface area contributed by atoms with E-state index in [0.717, 1.165) is 24.0 Å². The van der Waals surface area contributed by atoms with Crippen LogP contribution in [0, 0.1) is 6.92 Å².